The van der Waals surface area contributed by atoms with Crippen LogP contribution in [0.4, 0.5) is 0 Å². The fraction of sp³-hybridized carbons (Fsp3) is 0.261. The van der Waals surface area contributed by atoms with Gasteiger partial charge < -0.3 is 5.32 Å². The van der Waals surface area contributed by atoms with Crippen LogP contribution in [0.1, 0.15) is 27.2 Å². The predicted molar refractivity (Wildman–Crippen MR) is 118 cm³/mol. The van der Waals surface area contributed by atoms with Crippen LogP contribution in [-0.2, 0) is 12.3 Å². The molecule has 1 saturated heterocycles. The lowest BCUT2D eigenvalue weighted by atomic mass is 10.2. The van der Waals surface area contributed by atoms with Gasteiger partial charge in [0, 0.05) is 41.2 Å². The minimum absolute atomic E-state index is 0.0424. The summed E-state index contributed by atoms with van der Waals surface area (Å²) in [5.41, 5.74) is 2.11. The minimum atomic E-state index is 0.0424. The molecule has 3 nitrogen and oxygen atoms in total. The largest absolute Gasteiger partial charge is 0.348 e. The van der Waals surface area contributed by atoms with Gasteiger partial charge in [0.2, 0.25) is 0 Å². The van der Waals surface area contributed by atoms with E-state index in [0.29, 0.717) is 0 Å². The lowest BCUT2D eigenvalue weighted by Crippen LogP contribution is -2.37. The molecule has 1 N–H and O–H groups in total. The monoisotopic (exact) mass is 408 g/mol. The van der Waals surface area contributed by atoms with Crippen LogP contribution in [0.5, 0.6) is 0 Å². The molecule has 1 aromatic heterocycles. The molecule has 28 heavy (non-hydrogen) atoms. The average molecular weight is 409 g/mol. The van der Waals surface area contributed by atoms with Gasteiger partial charge in [-0.25, -0.2) is 0 Å². The number of thiophene rings is 1. The number of hydrogen-bond donors (Lipinski definition) is 1. The highest BCUT2D eigenvalue weighted by Gasteiger charge is 2.25. The Labute approximate surface area is 174 Å². The first kappa shape index (κ1) is 19.2. The molecule has 1 fully saturated rings. The third-order valence-corrected chi connectivity index (χ3v) is 7.12. The smallest absolute Gasteiger partial charge is 0.252 e. The SMILES string of the molecule is O=C(NC1CCN(Cc2ccccc2)C1)c1ccccc1SCc1cccs1. The highest BCUT2D eigenvalue weighted by Crippen LogP contribution is 2.28. The Balaban J connectivity index is 1.34. The highest BCUT2D eigenvalue weighted by atomic mass is 32.2. The Morgan fingerprint density at radius 2 is 1.89 bits per heavy atom. The van der Waals surface area contributed by atoms with E-state index in [-0.39, 0.29) is 11.9 Å². The Morgan fingerprint density at radius 3 is 2.71 bits per heavy atom. The summed E-state index contributed by atoms with van der Waals surface area (Å²) in [7, 11) is 0. The molecular formula is C23H24N2OS2. The summed E-state index contributed by atoms with van der Waals surface area (Å²) >= 11 is 3.49. The Bertz CT molecular complexity index is 896. The number of likely N-dealkylation sites (tertiary alicyclic amines) is 1. The summed E-state index contributed by atoms with van der Waals surface area (Å²) in [5.74, 6) is 0.941. The number of carbonyl (C=O) groups is 1. The van der Waals surface area contributed by atoms with Crippen LogP contribution in [0.15, 0.2) is 77.0 Å². The Hall–Kier alpha value is -2.08. The molecule has 0 aliphatic carbocycles. The molecule has 1 aliphatic heterocycles. The number of benzene rings is 2. The number of nitrogens with zero attached hydrogens (tertiary/aromatic N) is 1. The zero-order chi connectivity index (χ0) is 19.2. The molecule has 0 bridgehead atoms. The molecule has 1 atom stereocenters. The number of amides is 1. The van der Waals surface area contributed by atoms with Gasteiger partial charge in [-0.15, -0.1) is 23.1 Å². The zero-order valence-electron chi connectivity index (χ0n) is 15.7. The van der Waals surface area contributed by atoms with E-state index in [0.717, 1.165) is 42.3 Å². The maximum Gasteiger partial charge on any atom is 0.252 e. The lowest BCUT2D eigenvalue weighted by Gasteiger charge is -2.17. The van der Waals surface area contributed by atoms with Crippen LogP contribution in [-0.4, -0.2) is 29.9 Å². The first-order valence-electron chi connectivity index (χ1n) is 9.59. The van der Waals surface area contributed by atoms with E-state index in [1.807, 2.05) is 30.3 Å². The van der Waals surface area contributed by atoms with Crippen LogP contribution in [0.25, 0.3) is 0 Å². The third-order valence-electron chi connectivity index (χ3n) is 4.94. The molecule has 0 saturated carbocycles. The molecule has 4 rings (SSSR count). The summed E-state index contributed by atoms with van der Waals surface area (Å²) in [6.07, 6.45) is 1.00. The van der Waals surface area contributed by atoms with Gasteiger partial charge in [-0.3, -0.25) is 9.69 Å². The average Bonchev–Trinajstić information content (AvgIpc) is 3.39. The molecule has 1 amide bonds. The van der Waals surface area contributed by atoms with Crippen molar-refractivity contribution in [1.82, 2.24) is 10.2 Å². The van der Waals surface area contributed by atoms with Gasteiger partial charge >= 0.3 is 0 Å². The molecule has 3 aromatic rings. The molecular weight excluding hydrogens is 384 g/mol. The van der Waals surface area contributed by atoms with Crippen molar-refractivity contribution >= 4 is 29.0 Å². The van der Waals surface area contributed by atoms with Gasteiger partial charge in [0.25, 0.3) is 5.91 Å². The number of thioether (sulfide) groups is 1. The van der Waals surface area contributed by atoms with Gasteiger partial charge in [0.1, 0.15) is 0 Å². The lowest BCUT2D eigenvalue weighted by molar-refractivity contribution is 0.0934. The summed E-state index contributed by atoms with van der Waals surface area (Å²) in [6.45, 7) is 2.88. The summed E-state index contributed by atoms with van der Waals surface area (Å²) in [6, 6.07) is 22.9. The van der Waals surface area contributed by atoms with Crippen LogP contribution in [0.3, 0.4) is 0 Å². The quantitative estimate of drug-likeness (QED) is 0.556. The zero-order valence-corrected chi connectivity index (χ0v) is 17.3. The molecule has 0 spiro atoms. The predicted octanol–water partition coefficient (Wildman–Crippen LogP) is 5.04. The van der Waals surface area contributed by atoms with Crippen molar-refractivity contribution in [3.05, 3.63) is 88.1 Å². The van der Waals surface area contributed by atoms with Crippen molar-refractivity contribution in [2.24, 2.45) is 0 Å². The van der Waals surface area contributed by atoms with Crippen LogP contribution < -0.4 is 5.32 Å². The van der Waals surface area contributed by atoms with Crippen molar-refractivity contribution in [3.8, 4) is 0 Å². The van der Waals surface area contributed by atoms with Crippen molar-refractivity contribution in [2.45, 2.75) is 29.7 Å². The molecule has 1 aliphatic rings. The van der Waals surface area contributed by atoms with Gasteiger partial charge in [-0.05, 0) is 35.6 Å². The van der Waals surface area contributed by atoms with Gasteiger partial charge in [0.05, 0.1) is 5.56 Å². The van der Waals surface area contributed by atoms with Crippen molar-refractivity contribution in [1.29, 1.82) is 0 Å². The minimum Gasteiger partial charge on any atom is -0.348 e. The molecule has 2 heterocycles. The second-order valence-electron chi connectivity index (χ2n) is 7.04. The van der Waals surface area contributed by atoms with Gasteiger partial charge in [-0.1, -0.05) is 48.5 Å². The van der Waals surface area contributed by atoms with Crippen molar-refractivity contribution < 1.29 is 4.79 Å². The molecule has 5 heteroatoms. The molecule has 1 unspecified atom stereocenters. The first-order chi connectivity index (χ1) is 13.8. The second kappa shape index (κ2) is 9.41. The number of carbonyl (C=O) groups excluding carboxylic acids is 1. The molecule has 2 aromatic carbocycles. The van der Waals surface area contributed by atoms with E-state index in [1.165, 1.54) is 10.4 Å². The molecule has 0 radical (unpaired) electrons. The van der Waals surface area contributed by atoms with E-state index < -0.39 is 0 Å². The van der Waals surface area contributed by atoms with E-state index in [1.54, 1.807) is 23.1 Å². The summed E-state index contributed by atoms with van der Waals surface area (Å²) in [4.78, 5) is 17.7. The van der Waals surface area contributed by atoms with Crippen molar-refractivity contribution in [2.75, 3.05) is 13.1 Å². The maximum atomic E-state index is 12.9. The maximum absolute atomic E-state index is 12.9. The number of hydrogen-bond acceptors (Lipinski definition) is 4. The van der Waals surface area contributed by atoms with Crippen LogP contribution >= 0.6 is 23.1 Å². The Morgan fingerprint density at radius 1 is 1.07 bits per heavy atom. The van der Waals surface area contributed by atoms with Gasteiger partial charge in [-0.2, -0.15) is 0 Å². The fourth-order valence-electron chi connectivity index (χ4n) is 3.52. The normalized spacial score (nSPS) is 16.9. The van der Waals surface area contributed by atoms with E-state index in [9.17, 15) is 4.79 Å². The number of nitrogens with one attached hydrogen (secondary N) is 1. The third kappa shape index (κ3) is 5.04. The fourth-order valence-corrected chi connectivity index (χ4v) is 5.35. The van der Waals surface area contributed by atoms with Gasteiger partial charge in [0.15, 0.2) is 0 Å². The Kier molecular flexibility index (Phi) is 6.47. The topological polar surface area (TPSA) is 32.3 Å². The standard InChI is InChI=1S/C23H24N2OS2/c26-23(21-10-4-5-11-22(21)28-17-20-9-6-14-27-20)24-19-12-13-25(16-19)15-18-7-2-1-3-8-18/h1-11,14,19H,12-13,15-17H2,(H,24,26). The first-order valence-corrected chi connectivity index (χ1v) is 11.5. The van der Waals surface area contributed by atoms with Crippen molar-refractivity contribution in [3.63, 3.8) is 0 Å². The van der Waals surface area contributed by atoms with Crippen LogP contribution in [0.2, 0.25) is 0 Å². The summed E-state index contributed by atoms with van der Waals surface area (Å²) in [5, 5.41) is 5.35. The second-order valence-corrected chi connectivity index (χ2v) is 9.09. The van der Waals surface area contributed by atoms with E-state index >= 15 is 0 Å². The van der Waals surface area contributed by atoms with Crippen LogP contribution in [0, 0.1) is 0 Å². The summed E-state index contributed by atoms with van der Waals surface area (Å²) < 4.78 is 0. The number of rotatable bonds is 7. The van der Waals surface area contributed by atoms with E-state index in [4.69, 9.17) is 0 Å². The van der Waals surface area contributed by atoms with E-state index in [2.05, 4.69) is 52.0 Å². The molecule has 144 valence electrons. The highest BCUT2D eigenvalue weighted by molar-refractivity contribution is 7.98.